The standard InChI is InChI=1S/C28H20BrNO3S/c29-24-11-6-20(7-12-24)17-30-27(31)26(34-28(30)32)16-19-8-13-25(14-9-19)33-18-21-5-10-22-3-1-2-4-23(22)15-21/h1-16H,17-18H2/b26-16-. The highest BCUT2D eigenvalue weighted by atomic mass is 79.9. The van der Waals surface area contributed by atoms with Crippen LogP contribution >= 0.6 is 27.7 Å². The third-order valence-electron chi connectivity index (χ3n) is 5.52. The molecule has 168 valence electrons. The van der Waals surface area contributed by atoms with E-state index in [1.165, 1.54) is 15.7 Å². The summed E-state index contributed by atoms with van der Waals surface area (Å²) >= 11 is 4.36. The van der Waals surface area contributed by atoms with Gasteiger partial charge in [0.05, 0.1) is 11.4 Å². The fourth-order valence-electron chi connectivity index (χ4n) is 3.72. The summed E-state index contributed by atoms with van der Waals surface area (Å²) in [6.07, 6.45) is 1.75. The number of imide groups is 1. The quantitative estimate of drug-likeness (QED) is 0.244. The van der Waals surface area contributed by atoms with E-state index in [-0.39, 0.29) is 17.7 Å². The molecule has 0 spiro atoms. The SMILES string of the molecule is O=C1S/C(=C\c2ccc(OCc3ccc4ccccc4c3)cc2)C(=O)N1Cc1ccc(Br)cc1. The van der Waals surface area contributed by atoms with E-state index in [9.17, 15) is 9.59 Å². The predicted molar refractivity (Wildman–Crippen MR) is 140 cm³/mol. The van der Waals surface area contributed by atoms with Crippen LogP contribution in [0, 0.1) is 0 Å². The maximum atomic E-state index is 12.8. The molecule has 0 atom stereocenters. The lowest BCUT2D eigenvalue weighted by Gasteiger charge is -2.12. The average molecular weight is 530 g/mol. The summed E-state index contributed by atoms with van der Waals surface area (Å²) < 4.78 is 6.89. The molecule has 0 saturated carbocycles. The third-order valence-corrected chi connectivity index (χ3v) is 6.96. The van der Waals surface area contributed by atoms with Gasteiger partial charge in [0, 0.05) is 4.47 Å². The average Bonchev–Trinajstić information content (AvgIpc) is 3.12. The maximum absolute atomic E-state index is 12.8. The third kappa shape index (κ3) is 5.08. The molecule has 1 aliphatic heterocycles. The van der Waals surface area contributed by atoms with E-state index in [0.717, 1.165) is 38.7 Å². The highest BCUT2D eigenvalue weighted by Gasteiger charge is 2.34. The first-order valence-electron chi connectivity index (χ1n) is 10.8. The van der Waals surface area contributed by atoms with Crippen molar-refractivity contribution >= 4 is 55.7 Å². The van der Waals surface area contributed by atoms with Crippen molar-refractivity contribution in [3.8, 4) is 5.75 Å². The maximum Gasteiger partial charge on any atom is 0.293 e. The molecule has 2 amide bonds. The Morgan fingerprint density at radius 2 is 1.53 bits per heavy atom. The smallest absolute Gasteiger partial charge is 0.293 e. The minimum Gasteiger partial charge on any atom is -0.489 e. The second-order valence-electron chi connectivity index (χ2n) is 7.93. The van der Waals surface area contributed by atoms with Gasteiger partial charge in [-0.1, -0.05) is 76.6 Å². The summed E-state index contributed by atoms with van der Waals surface area (Å²) in [5.41, 5.74) is 2.84. The van der Waals surface area contributed by atoms with Crippen LogP contribution in [-0.2, 0) is 17.9 Å². The number of halogens is 1. The van der Waals surface area contributed by atoms with Gasteiger partial charge >= 0.3 is 0 Å². The van der Waals surface area contributed by atoms with Gasteiger partial charge in [-0.2, -0.15) is 0 Å². The van der Waals surface area contributed by atoms with Crippen molar-refractivity contribution in [3.63, 3.8) is 0 Å². The van der Waals surface area contributed by atoms with Gasteiger partial charge in [0.1, 0.15) is 12.4 Å². The van der Waals surface area contributed by atoms with Crippen molar-refractivity contribution in [2.75, 3.05) is 0 Å². The summed E-state index contributed by atoms with van der Waals surface area (Å²) in [5, 5.41) is 2.14. The van der Waals surface area contributed by atoms with Gasteiger partial charge in [0.2, 0.25) is 0 Å². The lowest BCUT2D eigenvalue weighted by Crippen LogP contribution is -2.27. The van der Waals surface area contributed by atoms with Gasteiger partial charge in [-0.25, -0.2) is 0 Å². The molecule has 4 aromatic carbocycles. The van der Waals surface area contributed by atoms with E-state index in [2.05, 4.69) is 46.3 Å². The number of amides is 2. The van der Waals surface area contributed by atoms with E-state index in [1.807, 2.05) is 60.7 Å². The lowest BCUT2D eigenvalue weighted by atomic mass is 10.1. The number of rotatable bonds is 6. The molecular weight excluding hydrogens is 510 g/mol. The molecule has 1 fully saturated rings. The Labute approximate surface area is 210 Å². The Bertz CT molecular complexity index is 1400. The van der Waals surface area contributed by atoms with Gasteiger partial charge in [-0.15, -0.1) is 0 Å². The first-order chi connectivity index (χ1) is 16.5. The molecule has 0 aromatic heterocycles. The van der Waals surface area contributed by atoms with Crippen molar-refractivity contribution in [1.29, 1.82) is 0 Å². The molecule has 0 aliphatic carbocycles. The molecule has 1 aliphatic rings. The molecule has 1 heterocycles. The number of thioether (sulfide) groups is 1. The summed E-state index contributed by atoms with van der Waals surface area (Å²) in [7, 11) is 0. The number of fused-ring (bicyclic) bond motifs is 1. The summed E-state index contributed by atoms with van der Waals surface area (Å²) in [6.45, 7) is 0.732. The Balaban J connectivity index is 1.23. The van der Waals surface area contributed by atoms with Crippen molar-refractivity contribution in [2.45, 2.75) is 13.2 Å². The molecule has 5 rings (SSSR count). The van der Waals surface area contributed by atoms with Crippen molar-refractivity contribution < 1.29 is 14.3 Å². The highest BCUT2D eigenvalue weighted by Crippen LogP contribution is 2.33. The number of carbonyl (C=O) groups excluding carboxylic acids is 2. The topological polar surface area (TPSA) is 46.6 Å². The largest absolute Gasteiger partial charge is 0.489 e. The monoisotopic (exact) mass is 529 g/mol. The minimum atomic E-state index is -0.269. The van der Waals surface area contributed by atoms with Crippen LogP contribution in [0.3, 0.4) is 0 Å². The molecule has 0 radical (unpaired) electrons. The number of benzene rings is 4. The van der Waals surface area contributed by atoms with E-state index in [0.29, 0.717) is 11.5 Å². The second-order valence-corrected chi connectivity index (χ2v) is 9.84. The van der Waals surface area contributed by atoms with Crippen molar-refractivity contribution in [2.24, 2.45) is 0 Å². The van der Waals surface area contributed by atoms with E-state index < -0.39 is 0 Å². The summed E-state index contributed by atoms with van der Waals surface area (Å²) in [5.74, 6) is 0.475. The summed E-state index contributed by atoms with van der Waals surface area (Å²) in [4.78, 5) is 26.9. The molecule has 1 saturated heterocycles. The van der Waals surface area contributed by atoms with Gasteiger partial charge in [-0.05, 0) is 75.6 Å². The first-order valence-corrected chi connectivity index (χ1v) is 12.4. The zero-order chi connectivity index (χ0) is 23.5. The molecule has 4 nitrogen and oxygen atoms in total. The van der Waals surface area contributed by atoms with Crippen molar-refractivity contribution in [1.82, 2.24) is 4.90 Å². The van der Waals surface area contributed by atoms with E-state index in [4.69, 9.17) is 4.74 Å². The number of hydrogen-bond donors (Lipinski definition) is 0. The Kier molecular flexibility index (Phi) is 6.52. The van der Waals surface area contributed by atoms with Crippen LogP contribution < -0.4 is 4.74 Å². The molecular formula is C28H20BrNO3S. The normalized spacial score (nSPS) is 14.9. The summed E-state index contributed by atoms with van der Waals surface area (Å²) in [6, 6.07) is 29.7. The number of ether oxygens (including phenoxy) is 1. The Hall–Kier alpha value is -3.35. The number of hydrogen-bond acceptors (Lipinski definition) is 4. The van der Waals surface area contributed by atoms with Crippen LogP contribution in [0.25, 0.3) is 16.8 Å². The molecule has 4 aromatic rings. The zero-order valence-corrected chi connectivity index (χ0v) is 20.5. The van der Waals surface area contributed by atoms with Crippen LogP contribution in [0.2, 0.25) is 0 Å². The van der Waals surface area contributed by atoms with Gasteiger partial charge in [0.25, 0.3) is 11.1 Å². The highest BCUT2D eigenvalue weighted by molar-refractivity contribution is 9.10. The van der Waals surface area contributed by atoms with Crippen LogP contribution in [0.4, 0.5) is 4.79 Å². The van der Waals surface area contributed by atoms with Crippen molar-refractivity contribution in [3.05, 3.63) is 117 Å². The van der Waals surface area contributed by atoms with Gasteiger partial charge < -0.3 is 4.74 Å². The second kappa shape index (κ2) is 9.87. The van der Waals surface area contributed by atoms with Crippen LogP contribution in [0.5, 0.6) is 5.75 Å². The first kappa shape index (κ1) is 22.4. The molecule has 0 bridgehead atoms. The number of carbonyl (C=O) groups is 2. The van der Waals surface area contributed by atoms with E-state index in [1.54, 1.807) is 6.08 Å². The zero-order valence-electron chi connectivity index (χ0n) is 18.1. The Morgan fingerprint density at radius 3 is 2.29 bits per heavy atom. The molecule has 0 N–H and O–H groups in total. The van der Waals surface area contributed by atoms with Crippen LogP contribution in [-0.4, -0.2) is 16.0 Å². The fraction of sp³-hybridized carbons (Fsp3) is 0.0714. The molecule has 6 heteroatoms. The van der Waals surface area contributed by atoms with Crippen LogP contribution in [0.1, 0.15) is 16.7 Å². The van der Waals surface area contributed by atoms with Gasteiger partial charge in [-0.3, -0.25) is 14.5 Å². The number of nitrogens with zero attached hydrogens (tertiary/aromatic N) is 1. The predicted octanol–water partition coefficient (Wildman–Crippen LogP) is 7.42. The Morgan fingerprint density at radius 1 is 0.824 bits per heavy atom. The minimum absolute atomic E-state index is 0.255. The molecule has 34 heavy (non-hydrogen) atoms. The van der Waals surface area contributed by atoms with Crippen LogP contribution in [0.15, 0.2) is 100 Å². The lowest BCUT2D eigenvalue weighted by molar-refractivity contribution is -0.123. The molecule has 0 unspecified atom stereocenters. The van der Waals surface area contributed by atoms with E-state index >= 15 is 0 Å². The van der Waals surface area contributed by atoms with Gasteiger partial charge in [0.15, 0.2) is 0 Å². The fourth-order valence-corrected chi connectivity index (χ4v) is 4.82.